The van der Waals surface area contributed by atoms with Crippen molar-refractivity contribution in [1.82, 2.24) is 4.57 Å². The zero-order valence-corrected chi connectivity index (χ0v) is 21.5. The molecule has 0 N–H and O–H groups in total. The van der Waals surface area contributed by atoms with Crippen LogP contribution in [0.4, 0.5) is 0 Å². The van der Waals surface area contributed by atoms with Crippen molar-refractivity contribution in [2.24, 2.45) is 5.41 Å². The topological polar surface area (TPSA) is 49.7 Å². The average Bonchev–Trinajstić information content (AvgIpc) is 2.61. The van der Waals surface area contributed by atoms with Crippen molar-refractivity contribution in [3.05, 3.63) is 38.7 Å². The molecule has 7 heteroatoms. The Labute approximate surface area is 183 Å². The van der Waals surface area contributed by atoms with Gasteiger partial charge in [0.05, 0.1) is 42.1 Å². The second-order valence-corrected chi connectivity index (χ2v) is 15.9. The minimum absolute atomic E-state index is 0.0364. The first-order chi connectivity index (χ1) is 13.3. The molecule has 1 aromatic rings. The molecule has 0 fully saturated rings. The summed E-state index contributed by atoms with van der Waals surface area (Å²) in [5.41, 5.74) is -0.0969. The van der Waals surface area contributed by atoms with Crippen LogP contribution in [0.15, 0.2) is 27.6 Å². The summed E-state index contributed by atoms with van der Waals surface area (Å²) in [6, 6.07) is 0. The SMILES string of the molecule is COc1c2n(cc(Br)c1=O)CC1(CC=CCO1)C(C)(C)C2O[Si](C)(C)C(C)(C)C. The maximum Gasteiger partial charge on any atom is 0.237 e. The van der Waals surface area contributed by atoms with Gasteiger partial charge in [0, 0.05) is 11.6 Å². The van der Waals surface area contributed by atoms with E-state index in [2.05, 4.69) is 80.4 Å². The lowest BCUT2D eigenvalue weighted by atomic mass is 9.65. The number of rotatable bonds is 3. The van der Waals surface area contributed by atoms with E-state index in [1.165, 1.54) is 0 Å². The van der Waals surface area contributed by atoms with Gasteiger partial charge in [-0.05, 0) is 40.5 Å². The molecule has 0 saturated carbocycles. The fraction of sp³-hybridized carbons (Fsp3) is 0.682. The van der Waals surface area contributed by atoms with Crippen LogP contribution >= 0.6 is 15.9 Å². The minimum atomic E-state index is -2.15. The molecule has 3 heterocycles. The molecular weight excluding hydrogens is 450 g/mol. The van der Waals surface area contributed by atoms with E-state index in [1.807, 2.05) is 6.20 Å². The number of pyridine rings is 1. The van der Waals surface area contributed by atoms with Gasteiger partial charge in [-0.3, -0.25) is 4.79 Å². The van der Waals surface area contributed by atoms with Crippen molar-refractivity contribution in [1.29, 1.82) is 0 Å². The van der Waals surface area contributed by atoms with Crippen LogP contribution in [0.5, 0.6) is 5.75 Å². The van der Waals surface area contributed by atoms with Gasteiger partial charge < -0.3 is 18.5 Å². The van der Waals surface area contributed by atoms with Gasteiger partial charge in [0.25, 0.3) is 0 Å². The molecule has 0 bridgehead atoms. The second-order valence-electron chi connectivity index (χ2n) is 10.3. The Morgan fingerprint density at radius 3 is 2.45 bits per heavy atom. The van der Waals surface area contributed by atoms with Gasteiger partial charge in [-0.15, -0.1) is 0 Å². The predicted octanol–water partition coefficient (Wildman–Crippen LogP) is 5.44. The van der Waals surface area contributed by atoms with E-state index in [9.17, 15) is 4.79 Å². The molecule has 0 aromatic carbocycles. The Morgan fingerprint density at radius 1 is 1.28 bits per heavy atom. The maximum atomic E-state index is 12.9. The molecule has 0 radical (unpaired) electrons. The number of hydrogen-bond donors (Lipinski definition) is 0. The predicted molar refractivity (Wildman–Crippen MR) is 122 cm³/mol. The summed E-state index contributed by atoms with van der Waals surface area (Å²) in [6.45, 7) is 16.8. The monoisotopic (exact) mass is 483 g/mol. The van der Waals surface area contributed by atoms with E-state index in [4.69, 9.17) is 13.9 Å². The number of aromatic nitrogens is 1. The molecular formula is C22H34BrNO4Si. The molecule has 2 aliphatic rings. The van der Waals surface area contributed by atoms with Crippen molar-refractivity contribution in [2.75, 3.05) is 13.7 Å². The number of nitrogens with zero attached hydrogens (tertiary/aromatic N) is 1. The normalized spacial score (nSPS) is 26.4. The Hall–Kier alpha value is -0.893. The zero-order valence-electron chi connectivity index (χ0n) is 18.9. The highest BCUT2D eigenvalue weighted by Gasteiger charge is 2.58. The Morgan fingerprint density at radius 2 is 1.93 bits per heavy atom. The number of methoxy groups -OCH3 is 1. The average molecular weight is 485 g/mol. The lowest BCUT2D eigenvalue weighted by molar-refractivity contribution is -0.182. The van der Waals surface area contributed by atoms with E-state index in [-0.39, 0.29) is 22.0 Å². The van der Waals surface area contributed by atoms with Gasteiger partial charge >= 0.3 is 0 Å². The van der Waals surface area contributed by atoms with Crippen molar-refractivity contribution >= 4 is 24.2 Å². The number of halogens is 1. The van der Waals surface area contributed by atoms with Crippen LogP contribution in [-0.4, -0.2) is 32.2 Å². The first kappa shape index (κ1) is 22.8. The van der Waals surface area contributed by atoms with Crippen LogP contribution in [-0.2, 0) is 15.7 Å². The highest BCUT2D eigenvalue weighted by Crippen LogP contribution is 2.57. The fourth-order valence-corrected chi connectivity index (χ4v) is 5.90. The third-order valence-electron chi connectivity index (χ3n) is 7.23. The van der Waals surface area contributed by atoms with Gasteiger partial charge in [0.2, 0.25) is 5.43 Å². The Balaban J connectivity index is 2.27. The zero-order chi connectivity index (χ0) is 21.8. The molecule has 5 nitrogen and oxygen atoms in total. The maximum absolute atomic E-state index is 12.9. The first-order valence-electron chi connectivity index (χ1n) is 10.2. The number of fused-ring (bicyclic) bond motifs is 1. The third-order valence-corrected chi connectivity index (χ3v) is 12.2. The van der Waals surface area contributed by atoms with Crippen molar-refractivity contribution in [3.8, 4) is 5.75 Å². The lowest BCUT2D eigenvalue weighted by Crippen LogP contribution is -2.60. The summed E-state index contributed by atoms with van der Waals surface area (Å²) in [4.78, 5) is 12.9. The fourth-order valence-electron chi connectivity index (χ4n) is 4.12. The Kier molecular flexibility index (Phi) is 5.78. The Bertz CT molecular complexity index is 884. The van der Waals surface area contributed by atoms with E-state index in [0.717, 1.165) is 12.1 Å². The summed E-state index contributed by atoms with van der Waals surface area (Å²) >= 11 is 3.42. The summed E-state index contributed by atoms with van der Waals surface area (Å²) in [5, 5.41) is 0.0364. The molecule has 2 aliphatic heterocycles. The molecule has 162 valence electrons. The van der Waals surface area contributed by atoms with Crippen molar-refractivity contribution in [3.63, 3.8) is 0 Å². The van der Waals surface area contributed by atoms with E-state index in [1.54, 1.807) is 7.11 Å². The largest absolute Gasteiger partial charge is 0.491 e. The summed E-state index contributed by atoms with van der Waals surface area (Å²) in [5.74, 6) is 0.359. The lowest BCUT2D eigenvalue weighted by Gasteiger charge is -2.57. The standard InChI is InChI=1S/C22H34BrNO4Si/c1-20(2,3)29(7,8)28-19-16-18(26-6)17(25)15(23)13-24(16)14-22(21(19,4)5)11-9-10-12-27-22/h9-10,13,19H,11-12,14H2,1-8H3. The molecule has 3 rings (SSSR count). The third kappa shape index (κ3) is 3.58. The molecule has 2 unspecified atom stereocenters. The summed E-state index contributed by atoms with van der Waals surface area (Å²) in [6.07, 6.45) is 6.63. The first-order valence-corrected chi connectivity index (χ1v) is 13.9. The van der Waals surface area contributed by atoms with Crippen LogP contribution < -0.4 is 10.2 Å². The van der Waals surface area contributed by atoms with Crippen LogP contribution in [0.1, 0.15) is 52.8 Å². The van der Waals surface area contributed by atoms with Gasteiger partial charge in [-0.2, -0.15) is 0 Å². The van der Waals surface area contributed by atoms with E-state index >= 15 is 0 Å². The highest BCUT2D eigenvalue weighted by molar-refractivity contribution is 9.10. The number of hydrogen-bond acceptors (Lipinski definition) is 4. The molecule has 29 heavy (non-hydrogen) atoms. The molecule has 1 spiro atoms. The van der Waals surface area contributed by atoms with Gasteiger partial charge in [-0.25, -0.2) is 0 Å². The molecule has 1 aromatic heterocycles. The van der Waals surface area contributed by atoms with Crippen LogP contribution in [0.25, 0.3) is 0 Å². The quantitative estimate of drug-likeness (QED) is 0.424. The van der Waals surface area contributed by atoms with Crippen LogP contribution in [0, 0.1) is 5.41 Å². The van der Waals surface area contributed by atoms with Crippen LogP contribution in [0.2, 0.25) is 18.1 Å². The van der Waals surface area contributed by atoms with Crippen molar-refractivity contribution in [2.45, 2.75) is 77.4 Å². The van der Waals surface area contributed by atoms with Gasteiger partial charge in [0.1, 0.15) is 0 Å². The smallest absolute Gasteiger partial charge is 0.237 e. The van der Waals surface area contributed by atoms with E-state index < -0.39 is 13.9 Å². The molecule has 0 amide bonds. The summed E-state index contributed by atoms with van der Waals surface area (Å²) in [7, 11) is -0.593. The van der Waals surface area contributed by atoms with Gasteiger partial charge in [-0.1, -0.05) is 46.8 Å². The molecule has 0 saturated heterocycles. The van der Waals surface area contributed by atoms with Gasteiger partial charge in [0.15, 0.2) is 14.1 Å². The van der Waals surface area contributed by atoms with E-state index in [0.29, 0.717) is 23.4 Å². The van der Waals surface area contributed by atoms with Crippen molar-refractivity contribution < 1.29 is 13.9 Å². The highest BCUT2D eigenvalue weighted by atomic mass is 79.9. The van der Waals surface area contributed by atoms with Crippen LogP contribution in [0.3, 0.4) is 0 Å². The summed E-state index contributed by atoms with van der Waals surface area (Å²) < 4.78 is 21.7. The molecule has 2 atom stereocenters. The minimum Gasteiger partial charge on any atom is -0.491 e. The number of ether oxygens (including phenoxy) is 2. The second kappa shape index (κ2) is 7.36. The molecule has 0 aliphatic carbocycles.